The minimum atomic E-state index is 0.0162. The number of rotatable bonds is 2. The Hall–Kier alpha value is -0.160. The van der Waals surface area contributed by atoms with Crippen LogP contribution in [0.3, 0.4) is 0 Å². The summed E-state index contributed by atoms with van der Waals surface area (Å²) in [4.78, 5) is 0. The second-order valence-electron chi connectivity index (χ2n) is 1.30. The summed E-state index contributed by atoms with van der Waals surface area (Å²) in [6.45, 7) is 0. The molecule has 0 amide bonds. The topological polar surface area (TPSA) is 42.8 Å². The average Bonchev–Trinajstić information content (AvgIpc) is 1.65. The molecule has 0 aliphatic heterocycles. The van der Waals surface area contributed by atoms with Crippen molar-refractivity contribution >= 4 is 0 Å². The van der Waals surface area contributed by atoms with Crippen LogP contribution in [0.25, 0.3) is 0 Å². The van der Waals surface area contributed by atoms with Crippen LogP contribution in [0.4, 0.5) is 0 Å². The van der Waals surface area contributed by atoms with Crippen molar-refractivity contribution in [2.45, 2.75) is 0 Å². The molecule has 1 atom stereocenters. The molecular weight excluding hydrogens is 94.1 g/mol. The summed E-state index contributed by atoms with van der Waals surface area (Å²) in [6, 6.07) is 0. The van der Waals surface area contributed by atoms with E-state index in [2.05, 4.69) is 5.43 Å². The van der Waals surface area contributed by atoms with E-state index in [4.69, 9.17) is 0 Å². The third-order valence-electron chi connectivity index (χ3n) is 0.808. The molecule has 0 aromatic carbocycles. The summed E-state index contributed by atoms with van der Waals surface area (Å²) in [5.41, 5.74) is 2.65. The van der Waals surface area contributed by atoms with Crippen molar-refractivity contribution in [3.05, 3.63) is 5.21 Å². The Labute approximate surface area is 43.2 Å². The third kappa shape index (κ3) is 2.52. The number of hydrazine groups is 1. The van der Waals surface area contributed by atoms with Crippen molar-refractivity contribution in [2.75, 3.05) is 21.1 Å². The van der Waals surface area contributed by atoms with Crippen LogP contribution in [0, 0.1) is 5.21 Å². The first-order valence-electron chi connectivity index (χ1n) is 2.10. The van der Waals surface area contributed by atoms with Crippen molar-refractivity contribution in [3.8, 4) is 0 Å². The molecular formula is C3H11N3O. The van der Waals surface area contributed by atoms with Gasteiger partial charge in [0.1, 0.15) is 0 Å². The number of nitrogens with zero attached hydrogens (tertiary/aromatic N) is 1. The number of hydroxylamine groups is 1. The highest BCUT2D eigenvalue weighted by Crippen LogP contribution is 1.44. The van der Waals surface area contributed by atoms with Gasteiger partial charge in [-0.25, -0.2) is 5.43 Å². The molecule has 0 bridgehead atoms. The van der Waals surface area contributed by atoms with E-state index in [1.54, 1.807) is 14.1 Å². The normalized spacial score (nSPS) is 15.0. The lowest BCUT2D eigenvalue weighted by atomic mass is 11.2. The van der Waals surface area contributed by atoms with Crippen molar-refractivity contribution in [3.63, 3.8) is 0 Å². The Morgan fingerprint density at radius 3 is 2.14 bits per heavy atom. The zero-order valence-corrected chi connectivity index (χ0v) is 4.86. The molecule has 2 N–H and O–H groups in total. The van der Waals surface area contributed by atoms with Gasteiger partial charge in [0.2, 0.25) is 0 Å². The van der Waals surface area contributed by atoms with E-state index < -0.39 is 0 Å². The predicted molar refractivity (Wildman–Crippen MR) is 27.1 cm³/mol. The second-order valence-corrected chi connectivity index (χ2v) is 1.30. The first-order valence-corrected chi connectivity index (χ1v) is 2.10. The maximum absolute atomic E-state index is 10.2. The Morgan fingerprint density at radius 2 is 2.14 bits per heavy atom. The van der Waals surface area contributed by atoms with Crippen LogP contribution in [0.2, 0.25) is 0 Å². The van der Waals surface area contributed by atoms with Gasteiger partial charge < -0.3 is 5.21 Å². The predicted octanol–water partition coefficient (Wildman–Crippen LogP) is -2.02. The van der Waals surface area contributed by atoms with Gasteiger partial charge in [0.25, 0.3) is 0 Å². The molecule has 0 saturated carbocycles. The molecule has 0 rings (SSSR count). The van der Waals surface area contributed by atoms with Gasteiger partial charge in [0, 0.05) is 7.05 Å². The van der Waals surface area contributed by atoms with Crippen LogP contribution >= 0.6 is 0 Å². The van der Waals surface area contributed by atoms with Gasteiger partial charge in [-0.15, -0.1) is 0 Å². The fourth-order valence-corrected chi connectivity index (χ4v) is 0.157. The lowest BCUT2D eigenvalue weighted by Crippen LogP contribution is -3.12. The van der Waals surface area contributed by atoms with Gasteiger partial charge in [-0.2, -0.15) is 0 Å². The highest BCUT2D eigenvalue weighted by atomic mass is 16.6. The highest BCUT2D eigenvalue weighted by Gasteiger charge is 1.90. The van der Waals surface area contributed by atoms with Crippen LogP contribution in [0.15, 0.2) is 0 Å². The number of quaternary nitrogens is 1. The number of hydrogen-bond donors (Lipinski definition) is 2. The molecule has 44 valence electrons. The van der Waals surface area contributed by atoms with Crippen LogP contribution in [0.5, 0.6) is 0 Å². The van der Waals surface area contributed by atoms with E-state index in [0.29, 0.717) is 0 Å². The molecule has 0 spiro atoms. The molecule has 7 heavy (non-hydrogen) atoms. The van der Waals surface area contributed by atoms with Crippen molar-refractivity contribution in [2.24, 2.45) is 0 Å². The number of hydrogen-bond acceptors (Lipinski definition) is 3. The summed E-state index contributed by atoms with van der Waals surface area (Å²) in [5.74, 6) is 0. The van der Waals surface area contributed by atoms with Crippen molar-refractivity contribution in [1.29, 1.82) is 0 Å². The fraction of sp³-hybridized carbons (Fsp3) is 1.00. The SMILES string of the molecule is CNN(C)[NH+](C)[O-]. The second kappa shape index (κ2) is 2.92. The standard InChI is InChI=1S/C3H11N3O/c1-4-5(2)6(3)7/h4,6H,1-3H3. The highest BCUT2D eigenvalue weighted by molar-refractivity contribution is 4.06. The van der Waals surface area contributed by atoms with Crippen LogP contribution in [-0.2, 0) is 0 Å². The van der Waals surface area contributed by atoms with Gasteiger partial charge in [-0.3, -0.25) is 5.17 Å². The Morgan fingerprint density at radius 1 is 1.71 bits per heavy atom. The molecule has 4 heteroatoms. The van der Waals surface area contributed by atoms with E-state index in [9.17, 15) is 5.21 Å². The smallest absolute Gasteiger partial charge is 0.0852 e. The summed E-state index contributed by atoms with van der Waals surface area (Å²) < 4.78 is 0. The van der Waals surface area contributed by atoms with E-state index in [-0.39, 0.29) is 5.17 Å². The Bertz CT molecular complexity index is 47.4. The van der Waals surface area contributed by atoms with E-state index in [1.807, 2.05) is 0 Å². The monoisotopic (exact) mass is 105 g/mol. The molecule has 0 aliphatic carbocycles. The zero-order chi connectivity index (χ0) is 5.86. The Balaban J connectivity index is 3.14. The van der Waals surface area contributed by atoms with E-state index in [0.717, 1.165) is 0 Å². The molecule has 0 aromatic heterocycles. The van der Waals surface area contributed by atoms with Gasteiger partial charge >= 0.3 is 0 Å². The fourth-order valence-electron chi connectivity index (χ4n) is 0.157. The molecule has 1 unspecified atom stereocenters. The largest absolute Gasteiger partial charge is 0.612 e. The molecule has 4 nitrogen and oxygen atoms in total. The third-order valence-corrected chi connectivity index (χ3v) is 0.808. The maximum Gasteiger partial charge on any atom is 0.0852 e. The first kappa shape index (κ1) is 6.84. The lowest BCUT2D eigenvalue weighted by molar-refractivity contribution is -0.959. The van der Waals surface area contributed by atoms with Gasteiger partial charge in [-0.1, -0.05) is 5.12 Å². The van der Waals surface area contributed by atoms with Gasteiger partial charge in [-0.05, 0) is 0 Å². The van der Waals surface area contributed by atoms with Gasteiger partial charge in [0.05, 0.1) is 14.1 Å². The summed E-state index contributed by atoms with van der Waals surface area (Å²) in [6.07, 6.45) is 0. The Kier molecular flexibility index (Phi) is 2.86. The minimum Gasteiger partial charge on any atom is -0.612 e. The molecule has 0 saturated heterocycles. The number of nitrogens with one attached hydrogen (secondary N) is 2. The van der Waals surface area contributed by atoms with Crippen molar-refractivity contribution < 1.29 is 5.17 Å². The van der Waals surface area contributed by atoms with Gasteiger partial charge in [0.15, 0.2) is 0 Å². The quantitative estimate of drug-likeness (QED) is 0.398. The van der Waals surface area contributed by atoms with Crippen molar-refractivity contribution in [1.82, 2.24) is 10.5 Å². The average molecular weight is 105 g/mol. The molecule has 0 radical (unpaired) electrons. The molecule has 0 heterocycles. The van der Waals surface area contributed by atoms with E-state index in [1.165, 1.54) is 12.2 Å². The van der Waals surface area contributed by atoms with Crippen LogP contribution < -0.4 is 10.6 Å². The zero-order valence-electron chi connectivity index (χ0n) is 4.86. The maximum atomic E-state index is 10.2. The molecule has 0 fully saturated rings. The van der Waals surface area contributed by atoms with E-state index >= 15 is 0 Å². The minimum absolute atomic E-state index is 0.0162. The summed E-state index contributed by atoms with van der Waals surface area (Å²) in [5, 5.41) is 11.7. The van der Waals surface area contributed by atoms with Crippen LogP contribution in [-0.4, -0.2) is 26.3 Å². The first-order chi connectivity index (χ1) is 3.18. The summed E-state index contributed by atoms with van der Waals surface area (Å²) >= 11 is 0. The molecule has 0 aliphatic rings. The van der Waals surface area contributed by atoms with Crippen LogP contribution in [0.1, 0.15) is 0 Å². The lowest BCUT2D eigenvalue weighted by Gasteiger charge is -2.24. The summed E-state index contributed by atoms with van der Waals surface area (Å²) in [7, 11) is 4.86. The molecule has 0 aromatic rings.